The van der Waals surface area contributed by atoms with Crippen molar-refractivity contribution in [3.05, 3.63) is 34.2 Å². The van der Waals surface area contributed by atoms with Crippen LogP contribution >= 0.6 is 12.4 Å². The molecule has 2 heterocycles. The molecule has 2 fully saturated rings. The number of likely N-dealkylation sites (tertiary alicyclic amines) is 1. The topological polar surface area (TPSA) is 50.3 Å². The van der Waals surface area contributed by atoms with Crippen LogP contribution in [-0.2, 0) is 4.74 Å². The molecule has 0 amide bonds. The zero-order chi connectivity index (χ0) is 18.3. The SMILES string of the molecule is COC1(C)CCC(N2CCC(n3c(=O)[nH]c4ccc(C)cc43)CC2)CC1.Cl. The van der Waals surface area contributed by atoms with Crippen molar-refractivity contribution in [3.8, 4) is 0 Å². The molecule has 2 aromatic rings. The molecule has 0 radical (unpaired) electrons. The summed E-state index contributed by atoms with van der Waals surface area (Å²) in [7, 11) is 1.84. The molecule has 5 nitrogen and oxygen atoms in total. The van der Waals surface area contributed by atoms with Crippen molar-refractivity contribution in [2.45, 2.75) is 70.1 Å². The normalized spacial score (nSPS) is 27.6. The number of aryl methyl sites for hydroxylation is 1. The molecule has 0 atom stereocenters. The Labute approximate surface area is 167 Å². The van der Waals surface area contributed by atoms with Gasteiger partial charge in [0.2, 0.25) is 0 Å². The van der Waals surface area contributed by atoms with Gasteiger partial charge in [-0.05, 0) is 70.1 Å². The summed E-state index contributed by atoms with van der Waals surface area (Å²) in [5.74, 6) is 0. The van der Waals surface area contributed by atoms with Gasteiger partial charge in [0.25, 0.3) is 0 Å². The second-order valence-corrected chi connectivity index (χ2v) is 8.47. The van der Waals surface area contributed by atoms with Gasteiger partial charge < -0.3 is 14.6 Å². The van der Waals surface area contributed by atoms with Gasteiger partial charge in [-0.25, -0.2) is 4.79 Å². The molecule has 27 heavy (non-hydrogen) atoms. The number of aromatic nitrogens is 2. The third-order valence-electron chi connectivity index (χ3n) is 6.76. The van der Waals surface area contributed by atoms with Crippen LogP contribution in [0, 0.1) is 6.92 Å². The molecule has 0 bridgehead atoms. The number of hydrogen-bond donors (Lipinski definition) is 1. The lowest BCUT2D eigenvalue weighted by atomic mass is 9.82. The van der Waals surface area contributed by atoms with Gasteiger partial charge in [0.05, 0.1) is 16.6 Å². The van der Waals surface area contributed by atoms with Gasteiger partial charge in [-0.2, -0.15) is 0 Å². The Morgan fingerprint density at radius 1 is 1.11 bits per heavy atom. The molecule has 1 aromatic carbocycles. The van der Waals surface area contributed by atoms with Crippen LogP contribution in [0.3, 0.4) is 0 Å². The van der Waals surface area contributed by atoms with Gasteiger partial charge in [0, 0.05) is 32.3 Å². The quantitative estimate of drug-likeness (QED) is 0.855. The van der Waals surface area contributed by atoms with E-state index < -0.39 is 0 Å². The summed E-state index contributed by atoms with van der Waals surface area (Å²) in [4.78, 5) is 18.2. The van der Waals surface area contributed by atoms with Crippen LogP contribution in [0.25, 0.3) is 11.0 Å². The average Bonchev–Trinajstić information content (AvgIpc) is 2.97. The first-order valence-corrected chi connectivity index (χ1v) is 9.99. The fourth-order valence-corrected chi connectivity index (χ4v) is 4.89. The van der Waals surface area contributed by atoms with E-state index in [9.17, 15) is 4.79 Å². The maximum atomic E-state index is 12.5. The van der Waals surface area contributed by atoms with Crippen molar-refractivity contribution in [1.82, 2.24) is 14.5 Å². The van der Waals surface area contributed by atoms with Crippen LogP contribution in [0.5, 0.6) is 0 Å². The highest BCUT2D eigenvalue weighted by Crippen LogP contribution is 2.35. The predicted octanol–water partition coefficient (Wildman–Crippen LogP) is 4.04. The molecule has 1 saturated carbocycles. The minimum Gasteiger partial charge on any atom is -0.379 e. The highest BCUT2D eigenvalue weighted by atomic mass is 35.5. The number of ether oxygens (including phenoxy) is 1. The van der Waals surface area contributed by atoms with Gasteiger partial charge in [-0.1, -0.05) is 6.07 Å². The van der Waals surface area contributed by atoms with E-state index in [0.717, 1.165) is 49.8 Å². The van der Waals surface area contributed by atoms with Gasteiger partial charge in [0.1, 0.15) is 0 Å². The number of fused-ring (bicyclic) bond motifs is 1. The maximum Gasteiger partial charge on any atom is 0.326 e. The smallest absolute Gasteiger partial charge is 0.326 e. The first kappa shape index (κ1) is 20.4. The second-order valence-electron chi connectivity index (χ2n) is 8.47. The summed E-state index contributed by atoms with van der Waals surface area (Å²) in [5, 5.41) is 0. The molecular formula is C21H32ClN3O2. The number of nitrogens with zero attached hydrogens (tertiary/aromatic N) is 2. The van der Waals surface area contributed by atoms with Gasteiger partial charge >= 0.3 is 5.69 Å². The standard InChI is InChI=1S/C21H31N3O2.ClH/c1-15-4-5-18-19(14-15)24(20(25)22-18)17-8-12-23(13-9-17)16-6-10-21(2,26-3)11-7-16;/h4-5,14,16-17H,6-13H2,1-3H3,(H,22,25);1H. The van der Waals surface area contributed by atoms with Crippen molar-refractivity contribution in [2.75, 3.05) is 20.2 Å². The third kappa shape index (κ3) is 3.96. The fraction of sp³-hybridized carbons (Fsp3) is 0.667. The van der Waals surface area contributed by atoms with Crippen molar-refractivity contribution in [2.24, 2.45) is 0 Å². The Morgan fingerprint density at radius 2 is 1.78 bits per heavy atom. The van der Waals surface area contributed by atoms with Crippen LogP contribution in [0.2, 0.25) is 0 Å². The van der Waals surface area contributed by atoms with E-state index in [2.05, 4.69) is 35.9 Å². The number of halogens is 1. The highest BCUT2D eigenvalue weighted by molar-refractivity contribution is 5.85. The van der Waals surface area contributed by atoms with Crippen LogP contribution in [0.1, 0.15) is 57.1 Å². The zero-order valence-electron chi connectivity index (χ0n) is 16.7. The van der Waals surface area contributed by atoms with Crippen LogP contribution in [-0.4, -0.2) is 46.3 Å². The van der Waals surface area contributed by atoms with Crippen molar-refractivity contribution >= 4 is 23.4 Å². The van der Waals surface area contributed by atoms with Gasteiger partial charge in [0.15, 0.2) is 0 Å². The molecule has 2 aliphatic rings. The Bertz CT molecular complexity index is 828. The number of imidazole rings is 1. The highest BCUT2D eigenvalue weighted by Gasteiger charge is 2.35. The van der Waals surface area contributed by atoms with Gasteiger partial charge in [-0.15, -0.1) is 12.4 Å². The summed E-state index contributed by atoms with van der Waals surface area (Å²) < 4.78 is 7.69. The molecule has 1 N–H and O–H groups in total. The second kappa shape index (κ2) is 7.98. The fourth-order valence-electron chi connectivity index (χ4n) is 4.89. The molecule has 0 unspecified atom stereocenters. The van der Waals surface area contributed by atoms with Crippen molar-refractivity contribution in [1.29, 1.82) is 0 Å². The molecule has 1 aliphatic heterocycles. The van der Waals surface area contributed by atoms with E-state index in [1.54, 1.807) is 0 Å². The third-order valence-corrected chi connectivity index (χ3v) is 6.76. The number of nitrogens with one attached hydrogen (secondary N) is 1. The van der Waals surface area contributed by atoms with Gasteiger partial charge in [-0.3, -0.25) is 4.57 Å². The predicted molar refractivity (Wildman–Crippen MR) is 112 cm³/mol. The minimum atomic E-state index is 0. The first-order valence-electron chi connectivity index (χ1n) is 9.99. The summed E-state index contributed by atoms with van der Waals surface area (Å²) >= 11 is 0. The largest absolute Gasteiger partial charge is 0.379 e. The van der Waals surface area contributed by atoms with E-state index in [1.807, 2.05) is 17.7 Å². The number of piperidine rings is 1. The van der Waals surface area contributed by atoms with E-state index in [-0.39, 0.29) is 23.7 Å². The molecule has 1 saturated heterocycles. The number of benzene rings is 1. The van der Waals surface area contributed by atoms with E-state index in [0.29, 0.717) is 12.1 Å². The Kier molecular flexibility index (Phi) is 6.04. The molecule has 150 valence electrons. The number of hydrogen-bond acceptors (Lipinski definition) is 3. The zero-order valence-corrected chi connectivity index (χ0v) is 17.5. The molecule has 1 aromatic heterocycles. The summed E-state index contributed by atoms with van der Waals surface area (Å²) in [6, 6.07) is 7.20. The molecule has 4 rings (SSSR count). The number of methoxy groups -OCH3 is 1. The molecule has 0 spiro atoms. The van der Waals surface area contributed by atoms with Crippen LogP contribution < -0.4 is 5.69 Å². The minimum absolute atomic E-state index is 0. The van der Waals surface area contributed by atoms with Crippen LogP contribution in [0.15, 0.2) is 23.0 Å². The number of H-pyrrole nitrogens is 1. The summed E-state index contributed by atoms with van der Waals surface area (Å²) in [6.45, 7) is 6.50. The lowest BCUT2D eigenvalue weighted by Gasteiger charge is -2.43. The summed E-state index contributed by atoms with van der Waals surface area (Å²) in [5.41, 5.74) is 3.32. The molecular weight excluding hydrogens is 362 g/mol. The first-order chi connectivity index (χ1) is 12.5. The molecule has 1 aliphatic carbocycles. The Hall–Kier alpha value is -1.30. The average molecular weight is 394 g/mol. The van der Waals surface area contributed by atoms with E-state index in [4.69, 9.17) is 4.74 Å². The lowest BCUT2D eigenvalue weighted by molar-refractivity contribution is -0.0444. The Balaban J connectivity index is 0.00000210. The molecule has 6 heteroatoms. The Morgan fingerprint density at radius 3 is 2.41 bits per heavy atom. The number of rotatable bonds is 3. The number of aromatic amines is 1. The van der Waals surface area contributed by atoms with Crippen molar-refractivity contribution in [3.63, 3.8) is 0 Å². The van der Waals surface area contributed by atoms with E-state index in [1.165, 1.54) is 18.4 Å². The maximum absolute atomic E-state index is 12.5. The van der Waals surface area contributed by atoms with E-state index >= 15 is 0 Å². The van der Waals surface area contributed by atoms with Crippen molar-refractivity contribution < 1.29 is 4.74 Å². The lowest BCUT2D eigenvalue weighted by Crippen LogP contribution is -2.47. The summed E-state index contributed by atoms with van der Waals surface area (Å²) in [6.07, 6.45) is 6.85. The van der Waals surface area contributed by atoms with Crippen LogP contribution in [0.4, 0.5) is 0 Å². The monoisotopic (exact) mass is 393 g/mol.